The Morgan fingerprint density at radius 2 is 1.82 bits per heavy atom. The number of ketones is 1. The van der Waals surface area contributed by atoms with E-state index in [9.17, 15) is 24.9 Å². The largest absolute Gasteiger partial charge is 0.497 e. The van der Waals surface area contributed by atoms with Gasteiger partial charge in [0, 0.05) is 25.0 Å². The maximum Gasteiger partial charge on any atom is 0.224 e. The fourth-order valence-electron chi connectivity index (χ4n) is 3.43. The van der Waals surface area contributed by atoms with Crippen molar-refractivity contribution < 1.29 is 39.1 Å². The van der Waals surface area contributed by atoms with Gasteiger partial charge in [0.15, 0.2) is 6.29 Å². The molecule has 9 nitrogen and oxygen atoms in total. The number of carbonyl (C=O) groups excluding carboxylic acids is 2. The number of ether oxygens (including phenoxy) is 3. The van der Waals surface area contributed by atoms with Gasteiger partial charge in [0.2, 0.25) is 5.91 Å². The number of aliphatic hydroxyl groups is 3. The summed E-state index contributed by atoms with van der Waals surface area (Å²) in [7, 11) is 1.55. The lowest BCUT2D eigenvalue weighted by Gasteiger charge is -2.40. The van der Waals surface area contributed by atoms with E-state index in [0.29, 0.717) is 25.0 Å². The van der Waals surface area contributed by atoms with Crippen LogP contribution in [0.4, 0.5) is 0 Å². The molecule has 0 radical (unpaired) electrons. The second kappa shape index (κ2) is 12.4. The van der Waals surface area contributed by atoms with Crippen LogP contribution >= 0.6 is 0 Å². The van der Waals surface area contributed by atoms with Crippen molar-refractivity contribution in [1.82, 2.24) is 5.32 Å². The third-order valence-electron chi connectivity index (χ3n) is 5.58. The molecule has 1 amide bonds. The van der Waals surface area contributed by atoms with Crippen molar-refractivity contribution in [3.63, 3.8) is 0 Å². The standard InChI is InChI=1S/C24H37NO8/c1-24(2,3)18(26)10-5-6-11-32-23-22(30)21(29)20(28)17(33-23)14-25-19(27)13-15-8-7-9-16(12-15)31-4/h7-9,12,17,20-23,28-30H,5-6,10-11,13-14H2,1-4H3,(H,25,27)/t17?,20-,21-,22?,23?/m0/s1. The van der Waals surface area contributed by atoms with Gasteiger partial charge in [-0.1, -0.05) is 32.9 Å². The summed E-state index contributed by atoms with van der Waals surface area (Å²) in [5, 5.41) is 33.3. The molecule has 0 spiro atoms. The molecule has 1 aliphatic heterocycles. The van der Waals surface area contributed by atoms with E-state index in [1.165, 1.54) is 0 Å². The van der Waals surface area contributed by atoms with Crippen molar-refractivity contribution in [2.45, 2.75) is 77.2 Å². The molecule has 1 aromatic rings. The Balaban J connectivity index is 1.80. The number of hydrogen-bond donors (Lipinski definition) is 4. The van der Waals surface area contributed by atoms with Crippen molar-refractivity contribution in [3.05, 3.63) is 29.8 Å². The van der Waals surface area contributed by atoms with Gasteiger partial charge in [-0.25, -0.2) is 0 Å². The van der Waals surface area contributed by atoms with Crippen molar-refractivity contribution in [1.29, 1.82) is 0 Å². The van der Waals surface area contributed by atoms with Gasteiger partial charge in [-0.3, -0.25) is 9.59 Å². The van der Waals surface area contributed by atoms with Crippen molar-refractivity contribution in [3.8, 4) is 5.75 Å². The predicted octanol–water partition coefficient (Wildman–Crippen LogP) is 0.964. The minimum Gasteiger partial charge on any atom is -0.497 e. The Hall–Kier alpha value is -2.04. The highest BCUT2D eigenvalue weighted by Crippen LogP contribution is 2.23. The van der Waals surface area contributed by atoms with E-state index in [-0.39, 0.29) is 36.7 Å². The first kappa shape index (κ1) is 27.2. The lowest BCUT2D eigenvalue weighted by atomic mass is 9.88. The highest BCUT2D eigenvalue weighted by molar-refractivity contribution is 5.83. The molecule has 1 saturated heterocycles. The van der Waals surface area contributed by atoms with E-state index in [1.54, 1.807) is 31.4 Å². The van der Waals surface area contributed by atoms with E-state index in [4.69, 9.17) is 14.2 Å². The Kier molecular flexibility index (Phi) is 10.2. The van der Waals surface area contributed by atoms with E-state index >= 15 is 0 Å². The van der Waals surface area contributed by atoms with Crippen molar-refractivity contribution in [2.75, 3.05) is 20.3 Å². The molecule has 5 atom stereocenters. The van der Waals surface area contributed by atoms with Crippen LogP contribution in [0.2, 0.25) is 0 Å². The lowest BCUT2D eigenvalue weighted by Crippen LogP contribution is -2.60. The summed E-state index contributed by atoms with van der Waals surface area (Å²) in [6.07, 6.45) is -4.65. The van der Waals surface area contributed by atoms with Gasteiger partial charge in [-0.05, 0) is 30.5 Å². The van der Waals surface area contributed by atoms with Crippen molar-refractivity contribution in [2.24, 2.45) is 5.41 Å². The average molecular weight is 468 g/mol. The van der Waals surface area contributed by atoms with Crippen LogP contribution < -0.4 is 10.1 Å². The van der Waals surface area contributed by atoms with E-state index in [2.05, 4.69) is 5.32 Å². The smallest absolute Gasteiger partial charge is 0.224 e. The second-order valence-corrected chi connectivity index (χ2v) is 9.35. The molecule has 0 bridgehead atoms. The second-order valence-electron chi connectivity index (χ2n) is 9.35. The van der Waals surface area contributed by atoms with Crippen LogP contribution in [0.3, 0.4) is 0 Å². The van der Waals surface area contributed by atoms with Crippen LogP contribution in [0.1, 0.15) is 45.6 Å². The molecular weight excluding hydrogens is 430 g/mol. The molecule has 1 fully saturated rings. The zero-order valence-corrected chi connectivity index (χ0v) is 19.8. The van der Waals surface area contributed by atoms with Gasteiger partial charge in [0.25, 0.3) is 0 Å². The van der Waals surface area contributed by atoms with E-state index in [1.807, 2.05) is 20.8 Å². The zero-order chi connectivity index (χ0) is 24.6. The maximum absolute atomic E-state index is 12.3. The highest BCUT2D eigenvalue weighted by atomic mass is 16.7. The third-order valence-corrected chi connectivity index (χ3v) is 5.58. The zero-order valence-electron chi connectivity index (χ0n) is 19.8. The first-order valence-corrected chi connectivity index (χ1v) is 11.3. The number of amides is 1. The molecule has 1 aromatic carbocycles. The number of nitrogens with one attached hydrogen (secondary N) is 1. The minimum atomic E-state index is -1.48. The number of benzene rings is 1. The highest BCUT2D eigenvalue weighted by Gasteiger charge is 2.44. The quantitative estimate of drug-likeness (QED) is 0.354. The minimum absolute atomic E-state index is 0.0618. The number of carbonyl (C=O) groups is 2. The average Bonchev–Trinajstić information content (AvgIpc) is 2.77. The van der Waals surface area contributed by atoms with Crippen LogP contribution in [-0.2, 0) is 25.5 Å². The summed E-state index contributed by atoms with van der Waals surface area (Å²) in [5.74, 6) is 0.520. The van der Waals surface area contributed by atoms with Gasteiger partial charge in [-0.2, -0.15) is 0 Å². The maximum atomic E-state index is 12.3. The summed E-state index contributed by atoms with van der Waals surface area (Å²) in [5.41, 5.74) is 0.382. The summed E-state index contributed by atoms with van der Waals surface area (Å²) in [6.45, 7) is 5.78. The predicted molar refractivity (Wildman–Crippen MR) is 121 cm³/mol. The summed E-state index contributed by atoms with van der Waals surface area (Å²) in [6, 6.07) is 7.12. The first-order valence-electron chi connectivity index (χ1n) is 11.3. The molecule has 0 aliphatic carbocycles. The lowest BCUT2D eigenvalue weighted by molar-refractivity contribution is -0.295. The Bertz CT molecular complexity index is 778. The van der Waals surface area contributed by atoms with Crippen LogP contribution in [0, 0.1) is 5.41 Å². The normalized spacial score (nSPS) is 25.5. The molecule has 9 heteroatoms. The fraction of sp³-hybridized carbons (Fsp3) is 0.667. The number of unbranched alkanes of at least 4 members (excludes halogenated alkanes) is 1. The fourth-order valence-corrected chi connectivity index (χ4v) is 3.43. The van der Waals surface area contributed by atoms with Crippen LogP contribution in [0.15, 0.2) is 24.3 Å². The summed E-state index contributed by atoms with van der Waals surface area (Å²) >= 11 is 0. The number of methoxy groups -OCH3 is 1. The Morgan fingerprint density at radius 1 is 1.09 bits per heavy atom. The molecule has 1 heterocycles. The molecule has 4 N–H and O–H groups in total. The topological polar surface area (TPSA) is 135 Å². The van der Waals surface area contributed by atoms with Crippen molar-refractivity contribution >= 4 is 11.7 Å². The van der Waals surface area contributed by atoms with Gasteiger partial charge in [0.05, 0.1) is 13.5 Å². The molecule has 3 unspecified atom stereocenters. The molecule has 33 heavy (non-hydrogen) atoms. The molecule has 0 aromatic heterocycles. The Morgan fingerprint density at radius 3 is 2.48 bits per heavy atom. The summed E-state index contributed by atoms with van der Waals surface area (Å²) in [4.78, 5) is 24.3. The van der Waals surface area contributed by atoms with Crippen LogP contribution in [-0.4, -0.2) is 78.0 Å². The van der Waals surface area contributed by atoms with E-state index < -0.39 is 30.7 Å². The van der Waals surface area contributed by atoms with Gasteiger partial charge < -0.3 is 34.8 Å². The van der Waals surface area contributed by atoms with Crippen LogP contribution in [0.5, 0.6) is 5.75 Å². The third kappa shape index (κ3) is 8.35. The Labute approximate surface area is 195 Å². The number of aliphatic hydroxyl groups excluding tert-OH is 3. The van der Waals surface area contributed by atoms with Gasteiger partial charge in [-0.15, -0.1) is 0 Å². The molecule has 186 valence electrons. The molecule has 1 aliphatic rings. The number of Topliss-reactive ketones (excluding diaryl/α,β-unsaturated/α-hetero) is 1. The van der Waals surface area contributed by atoms with Crippen LogP contribution in [0.25, 0.3) is 0 Å². The van der Waals surface area contributed by atoms with E-state index in [0.717, 1.165) is 5.56 Å². The number of hydrogen-bond acceptors (Lipinski definition) is 8. The molecule has 2 rings (SSSR count). The summed E-state index contributed by atoms with van der Waals surface area (Å²) < 4.78 is 16.3. The molecular formula is C24H37NO8. The van der Waals surface area contributed by atoms with Gasteiger partial charge in [0.1, 0.15) is 35.9 Å². The SMILES string of the molecule is COc1cccc(CC(=O)NCC2OC(OCCCCC(=O)C(C)(C)C)C(O)[C@@H](O)[C@H]2O)c1. The number of rotatable bonds is 11. The van der Waals surface area contributed by atoms with Gasteiger partial charge >= 0.3 is 0 Å². The monoisotopic (exact) mass is 467 g/mol. The first-order chi connectivity index (χ1) is 15.5. The molecule has 0 saturated carbocycles.